The van der Waals surface area contributed by atoms with Gasteiger partial charge in [0.2, 0.25) is 0 Å². The summed E-state index contributed by atoms with van der Waals surface area (Å²) >= 11 is 6.03. The molecule has 1 aromatic heterocycles. The lowest BCUT2D eigenvalue weighted by Gasteiger charge is -2.10. The minimum atomic E-state index is 0.231. The van der Waals surface area contributed by atoms with E-state index in [-0.39, 0.29) is 5.92 Å². The number of anilines is 2. The first-order chi connectivity index (χ1) is 10.1. The smallest absolute Gasteiger partial charge is 0.135 e. The molecule has 0 aliphatic rings. The molecule has 0 amide bonds. The van der Waals surface area contributed by atoms with Gasteiger partial charge in [0.15, 0.2) is 0 Å². The zero-order valence-electron chi connectivity index (χ0n) is 12.6. The van der Waals surface area contributed by atoms with Crippen molar-refractivity contribution in [3.63, 3.8) is 0 Å². The highest BCUT2D eigenvalue weighted by atomic mass is 35.5. The molecule has 5 heteroatoms. The summed E-state index contributed by atoms with van der Waals surface area (Å²) in [5, 5.41) is 3.68. The Morgan fingerprint density at radius 3 is 2.52 bits per heavy atom. The second-order valence-electron chi connectivity index (χ2n) is 5.09. The Bertz CT molecular complexity index is 585. The van der Waals surface area contributed by atoms with Crippen LogP contribution in [0.15, 0.2) is 30.3 Å². The number of nitrogens with one attached hydrogen (secondary N) is 1. The van der Waals surface area contributed by atoms with E-state index < -0.39 is 0 Å². The van der Waals surface area contributed by atoms with Crippen LogP contribution >= 0.6 is 11.6 Å². The topological polar surface area (TPSA) is 47.0 Å². The van der Waals surface area contributed by atoms with E-state index in [4.69, 9.17) is 16.3 Å². The van der Waals surface area contributed by atoms with Crippen LogP contribution in [-0.2, 0) is 0 Å². The van der Waals surface area contributed by atoms with Gasteiger partial charge in [0.1, 0.15) is 22.5 Å². The molecule has 0 radical (unpaired) electrons. The van der Waals surface area contributed by atoms with Gasteiger partial charge in [0.05, 0.1) is 6.61 Å². The first-order valence-electron chi connectivity index (χ1n) is 7.13. The molecule has 0 aliphatic heterocycles. The van der Waals surface area contributed by atoms with Crippen molar-refractivity contribution in [3.8, 4) is 5.75 Å². The van der Waals surface area contributed by atoms with Crippen molar-refractivity contribution >= 4 is 23.1 Å². The predicted octanol–water partition coefficient (Wildman–Crippen LogP) is 4.79. The zero-order chi connectivity index (χ0) is 15.2. The number of rotatable bonds is 6. The largest absolute Gasteiger partial charge is 0.494 e. The predicted molar refractivity (Wildman–Crippen MR) is 86.6 cm³/mol. The monoisotopic (exact) mass is 305 g/mol. The fourth-order valence-corrected chi connectivity index (χ4v) is 1.95. The summed E-state index contributed by atoms with van der Waals surface area (Å²) in [6, 6.07) is 9.50. The molecule has 2 aromatic rings. The molecule has 0 unspecified atom stereocenters. The highest BCUT2D eigenvalue weighted by molar-refractivity contribution is 6.29. The molecular weight excluding hydrogens is 286 g/mol. The number of benzene rings is 1. The molecule has 0 saturated carbocycles. The van der Waals surface area contributed by atoms with Gasteiger partial charge in [-0.15, -0.1) is 0 Å². The van der Waals surface area contributed by atoms with Crippen LogP contribution < -0.4 is 10.1 Å². The number of nitrogens with zero attached hydrogens (tertiary/aromatic N) is 2. The molecule has 1 N–H and O–H groups in total. The first kappa shape index (κ1) is 15.6. The number of hydrogen-bond acceptors (Lipinski definition) is 4. The summed E-state index contributed by atoms with van der Waals surface area (Å²) in [5.74, 6) is 2.52. The fraction of sp³-hybridized carbons (Fsp3) is 0.375. The number of hydrogen-bond donors (Lipinski definition) is 1. The Morgan fingerprint density at radius 1 is 1.19 bits per heavy atom. The Kier molecular flexibility index (Phi) is 5.39. The van der Waals surface area contributed by atoms with Crippen molar-refractivity contribution in [2.45, 2.75) is 33.1 Å². The van der Waals surface area contributed by atoms with Crippen LogP contribution in [0, 0.1) is 0 Å². The Hall–Kier alpha value is -1.81. The molecule has 1 aromatic carbocycles. The molecule has 21 heavy (non-hydrogen) atoms. The van der Waals surface area contributed by atoms with Gasteiger partial charge in [0, 0.05) is 17.7 Å². The van der Waals surface area contributed by atoms with Crippen molar-refractivity contribution in [2.75, 3.05) is 11.9 Å². The van der Waals surface area contributed by atoms with Crippen LogP contribution in [0.2, 0.25) is 5.15 Å². The lowest BCUT2D eigenvalue weighted by atomic mass is 10.2. The molecular formula is C16H20ClN3O. The zero-order valence-corrected chi connectivity index (χ0v) is 13.3. The average Bonchev–Trinajstić information content (AvgIpc) is 2.46. The number of aromatic nitrogens is 2. The van der Waals surface area contributed by atoms with E-state index >= 15 is 0 Å². The summed E-state index contributed by atoms with van der Waals surface area (Å²) in [7, 11) is 0. The summed E-state index contributed by atoms with van der Waals surface area (Å²) in [6.45, 7) is 6.89. The molecule has 4 nitrogen and oxygen atoms in total. The maximum atomic E-state index is 6.03. The molecule has 0 bridgehead atoms. The van der Waals surface area contributed by atoms with E-state index in [9.17, 15) is 0 Å². The number of halogens is 1. The SMILES string of the molecule is CCCOc1ccc(Nc2cc(Cl)nc(C(C)C)n2)cc1. The Labute approximate surface area is 130 Å². The van der Waals surface area contributed by atoms with Crippen molar-refractivity contribution < 1.29 is 4.74 Å². The third-order valence-corrected chi connectivity index (χ3v) is 3.02. The molecule has 2 rings (SSSR count). The van der Waals surface area contributed by atoms with Gasteiger partial charge in [-0.25, -0.2) is 9.97 Å². The van der Waals surface area contributed by atoms with E-state index in [0.29, 0.717) is 11.0 Å². The second kappa shape index (κ2) is 7.27. The van der Waals surface area contributed by atoms with Crippen molar-refractivity contribution in [3.05, 3.63) is 41.3 Å². The van der Waals surface area contributed by atoms with Gasteiger partial charge in [-0.05, 0) is 30.7 Å². The van der Waals surface area contributed by atoms with E-state index in [2.05, 4.69) is 22.2 Å². The molecule has 112 valence electrons. The minimum Gasteiger partial charge on any atom is -0.494 e. The van der Waals surface area contributed by atoms with Crippen molar-refractivity contribution in [2.24, 2.45) is 0 Å². The quantitative estimate of drug-likeness (QED) is 0.780. The molecule has 0 spiro atoms. The van der Waals surface area contributed by atoms with Gasteiger partial charge in [-0.3, -0.25) is 0 Å². The normalized spacial score (nSPS) is 10.7. The maximum Gasteiger partial charge on any atom is 0.135 e. The lowest BCUT2D eigenvalue weighted by molar-refractivity contribution is 0.317. The van der Waals surface area contributed by atoms with Gasteiger partial charge in [-0.2, -0.15) is 0 Å². The molecule has 0 atom stereocenters. The van der Waals surface area contributed by atoms with Gasteiger partial charge in [0.25, 0.3) is 0 Å². The average molecular weight is 306 g/mol. The van der Waals surface area contributed by atoms with Crippen LogP contribution in [0.3, 0.4) is 0 Å². The van der Waals surface area contributed by atoms with Crippen LogP contribution in [0.4, 0.5) is 11.5 Å². The van der Waals surface area contributed by atoms with Crippen molar-refractivity contribution in [1.29, 1.82) is 0 Å². The molecule has 0 aliphatic carbocycles. The first-order valence-corrected chi connectivity index (χ1v) is 7.50. The van der Waals surface area contributed by atoms with E-state index in [1.165, 1.54) is 0 Å². The summed E-state index contributed by atoms with van der Waals surface area (Å²) in [6.07, 6.45) is 0.997. The van der Waals surface area contributed by atoms with Gasteiger partial charge in [-0.1, -0.05) is 32.4 Å². The Balaban J connectivity index is 2.10. The second-order valence-corrected chi connectivity index (χ2v) is 5.47. The van der Waals surface area contributed by atoms with Crippen LogP contribution in [0.25, 0.3) is 0 Å². The summed E-state index contributed by atoms with van der Waals surface area (Å²) < 4.78 is 5.56. The molecule has 1 heterocycles. The van der Waals surface area contributed by atoms with E-state index in [0.717, 1.165) is 30.3 Å². The van der Waals surface area contributed by atoms with Crippen LogP contribution in [0.5, 0.6) is 5.75 Å². The van der Waals surface area contributed by atoms with Crippen molar-refractivity contribution in [1.82, 2.24) is 9.97 Å². The van der Waals surface area contributed by atoms with Crippen LogP contribution in [-0.4, -0.2) is 16.6 Å². The minimum absolute atomic E-state index is 0.231. The fourth-order valence-electron chi connectivity index (χ4n) is 1.76. The highest BCUT2D eigenvalue weighted by Crippen LogP contribution is 2.22. The standard InChI is InChI=1S/C16H20ClN3O/c1-4-9-21-13-7-5-12(6-8-13)18-15-10-14(17)19-16(20-15)11(2)3/h5-8,10-11H,4,9H2,1-3H3,(H,18,19,20). The molecule has 0 fully saturated rings. The number of ether oxygens (including phenoxy) is 1. The highest BCUT2D eigenvalue weighted by Gasteiger charge is 2.07. The third-order valence-electron chi connectivity index (χ3n) is 2.83. The van der Waals surface area contributed by atoms with E-state index in [1.54, 1.807) is 6.07 Å². The maximum absolute atomic E-state index is 6.03. The van der Waals surface area contributed by atoms with E-state index in [1.807, 2.05) is 38.1 Å². The van der Waals surface area contributed by atoms with Crippen LogP contribution in [0.1, 0.15) is 38.9 Å². The third kappa shape index (κ3) is 4.60. The van der Waals surface area contributed by atoms with Gasteiger partial charge < -0.3 is 10.1 Å². The summed E-state index contributed by atoms with van der Waals surface area (Å²) in [5.41, 5.74) is 0.934. The molecule has 0 saturated heterocycles. The van der Waals surface area contributed by atoms with Gasteiger partial charge >= 0.3 is 0 Å². The Morgan fingerprint density at radius 2 is 1.90 bits per heavy atom. The summed E-state index contributed by atoms with van der Waals surface area (Å²) in [4.78, 5) is 8.68. The lowest BCUT2D eigenvalue weighted by Crippen LogP contribution is -2.02.